The molecule has 0 aliphatic carbocycles. The molecule has 27 heavy (non-hydrogen) atoms. The van der Waals surface area contributed by atoms with Crippen LogP contribution in [0.3, 0.4) is 0 Å². The van der Waals surface area contributed by atoms with E-state index < -0.39 is 17.5 Å². The second kappa shape index (κ2) is 5.40. The van der Waals surface area contributed by atoms with Crippen molar-refractivity contribution in [3.63, 3.8) is 0 Å². The van der Waals surface area contributed by atoms with E-state index in [0.717, 1.165) is 0 Å². The average Bonchev–Trinajstić information content (AvgIpc) is 3.17. The third-order valence-corrected chi connectivity index (χ3v) is 5.19. The zero-order valence-electron chi connectivity index (χ0n) is 14.6. The first-order valence-electron chi connectivity index (χ1n) is 8.41. The summed E-state index contributed by atoms with van der Waals surface area (Å²) in [5, 5.41) is 12.2. The lowest BCUT2D eigenvalue weighted by molar-refractivity contribution is -0.0793. The smallest absolute Gasteiger partial charge is 0.206 e. The molecule has 7 heteroatoms. The second-order valence-electron chi connectivity index (χ2n) is 6.49. The minimum Gasteiger partial charge on any atom is -0.493 e. The molecule has 2 aliphatic heterocycles. The van der Waals surface area contributed by atoms with Crippen LogP contribution in [0.5, 0.6) is 23.0 Å². The van der Waals surface area contributed by atoms with Gasteiger partial charge in [0.15, 0.2) is 23.2 Å². The fourth-order valence-electron chi connectivity index (χ4n) is 3.80. The molecule has 2 aliphatic rings. The molecule has 0 amide bonds. The molecule has 3 heterocycles. The van der Waals surface area contributed by atoms with Crippen LogP contribution in [0.2, 0.25) is 0 Å². The maximum Gasteiger partial charge on any atom is 0.206 e. The van der Waals surface area contributed by atoms with E-state index in [4.69, 9.17) is 23.4 Å². The van der Waals surface area contributed by atoms with Gasteiger partial charge in [-0.2, -0.15) is 0 Å². The van der Waals surface area contributed by atoms with E-state index in [2.05, 4.69) is 0 Å². The predicted molar refractivity (Wildman–Crippen MR) is 93.9 cm³/mol. The highest BCUT2D eigenvalue weighted by Crippen LogP contribution is 2.50. The molecule has 7 nitrogen and oxygen atoms in total. The lowest BCUT2D eigenvalue weighted by Crippen LogP contribution is -2.57. The van der Waals surface area contributed by atoms with Crippen LogP contribution in [0.4, 0.5) is 0 Å². The van der Waals surface area contributed by atoms with Crippen molar-refractivity contribution in [3.05, 3.63) is 47.7 Å². The highest BCUT2D eigenvalue weighted by Gasteiger charge is 2.56. The molecule has 2 aromatic carbocycles. The maximum atomic E-state index is 13.4. The topological polar surface area (TPSA) is 87.4 Å². The Morgan fingerprint density at radius 2 is 1.93 bits per heavy atom. The standard InChI is InChI=1S/C20H16O7/c1-23-15-7-12-14(8-16(15)24-2)26-9-17-20(12,22)19(21)11-3-4-13-10(5-6-25-13)18(11)27-17/h3-8,17,22H,9H2,1-2H3/t17-,20+/m1/s1. The van der Waals surface area contributed by atoms with Gasteiger partial charge in [0, 0.05) is 11.6 Å². The summed E-state index contributed by atoms with van der Waals surface area (Å²) in [5.74, 6) is 1.14. The largest absolute Gasteiger partial charge is 0.493 e. The third-order valence-electron chi connectivity index (χ3n) is 5.19. The molecule has 0 fully saturated rings. The molecule has 0 spiro atoms. The number of benzene rings is 2. The first-order valence-corrected chi connectivity index (χ1v) is 8.41. The molecule has 0 bridgehead atoms. The Kier molecular flexibility index (Phi) is 3.21. The Morgan fingerprint density at radius 1 is 1.15 bits per heavy atom. The fraction of sp³-hybridized carbons (Fsp3) is 0.250. The number of methoxy groups -OCH3 is 2. The van der Waals surface area contributed by atoms with Crippen molar-refractivity contribution in [2.24, 2.45) is 0 Å². The van der Waals surface area contributed by atoms with Crippen LogP contribution >= 0.6 is 0 Å². The Balaban J connectivity index is 1.73. The zero-order valence-corrected chi connectivity index (χ0v) is 14.6. The number of aliphatic hydroxyl groups is 1. The van der Waals surface area contributed by atoms with Gasteiger partial charge in [0.25, 0.3) is 0 Å². The van der Waals surface area contributed by atoms with Crippen LogP contribution in [0, 0.1) is 0 Å². The molecule has 138 valence electrons. The van der Waals surface area contributed by atoms with Gasteiger partial charge in [0.1, 0.15) is 23.7 Å². The van der Waals surface area contributed by atoms with E-state index in [9.17, 15) is 9.90 Å². The number of carbonyl (C=O) groups excluding carboxylic acids is 1. The number of hydrogen-bond acceptors (Lipinski definition) is 7. The summed E-state index contributed by atoms with van der Waals surface area (Å²) < 4.78 is 27.8. The quantitative estimate of drug-likeness (QED) is 0.744. The number of ketones is 1. The van der Waals surface area contributed by atoms with Crippen molar-refractivity contribution >= 4 is 16.8 Å². The Morgan fingerprint density at radius 3 is 2.70 bits per heavy atom. The van der Waals surface area contributed by atoms with Crippen LogP contribution in [0.25, 0.3) is 11.0 Å². The monoisotopic (exact) mass is 368 g/mol. The van der Waals surface area contributed by atoms with Crippen molar-refractivity contribution in [1.29, 1.82) is 0 Å². The normalized spacial score (nSPS) is 22.9. The molecular weight excluding hydrogens is 352 g/mol. The van der Waals surface area contributed by atoms with E-state index in [1.54, 1.807) is 30.3 Å². The predicted octanol–water partition coefficient (Wildman–Crippen LogP) is 2.67. The summed E-state index contributed by atoms with van der Waals surface area (Å²) in [6.45, 7) is 0.0123. The molecule has 5 rings (SSSR count). The SMILES string of the molecule is COc1cc2c(cc1OC)[C@@]1(O)C(=O)c3ccc4occc4c3O[C@@H]1CO2. The molecule has 1 N–H and O–H groups in total. The first-order chi connectivity index (χ1) is 13.1. The van der Waals surface area contributed by atoms with Gasteiger partial charge < -0.3 is 28.5 Å². The highest BCUT2D eigenvalue weighted by atomic mass is 16.6. The molecule has 3 aromatic rings. The van der Waals surface area contributed by atoms with Crippen LogP contribution < -0.4 is 18.9 Å². The molecule has 2 atom stereocenters. The average molecular weight is 368 g/mol. The number of carbonyl (C=O) groups is 1. The summed E-state index contributed by atoms with van der Waals surface area (Å²) in [6.07, 6.45) is 0.632. The summed E-state index contributed by atoms with van der Waals surface area (Å²) in [6, 6.07) is 8.19. The summed E-state index contributed by atoms with van der Waals surface area (Å²) in [4.78, 5) is 13.4. The summed E-state index contributed by atoms with van der Waals surface area (Å²) in [5.41, 5.74) is -0.697. The van der Waals surface area contributed by atoms with E-state index in [1.807, 2.05) is 0 Å². The maximum absolute atomic E-state index is 13.4. The van der Waals surface area contributed by atoms with Crippen molar-refractivity contribution in [3.8, 4) is 23.0 Å². The van der Waals surface area contributed by atoms with Gasteiger partial charge >= 0.3 is 0 Å². The molecule has 0 saturated carbocycles. The van der Waals surface area contributed by atoms with Crippen molar-refractivity contribution in [1.82, 2.24) is 0 Å². The molecule has 0 unspecified atom stereocenters. The van der Waals surface area contributed by atoms with Crippen LogP contribution in [0.1, 0.15) is 15.9 Å². The number of ether oxygens (including phenoxy) is 4. The number of fused-ring (bicyclic) bond motifs is 6. The van der Waals surface area contributed by atoms with Gasteiger partial charge in [-0.05, 0) is 24.3 Å². The fourth-order valence-corrected chi connectivity index (χ4v) is 3.80. The number of Topliss-reactive ketones (excluding diaryl/α,β-unsaturated/α-hetero) is 1. The first kappa shape index (κ1) is 16.0. The van der Waals surface area contributed by atoms with Gasteiger partial charge in [0.05, 0.1) is 31.4 Å². The minimum atomic E-state index is -1.89. The Labute approximate surface area is 154 Å². The number of hydrogen-bond donors (Lipinski definition) is 1. The van der Waals surface area contributed by atoms with Gasteiger partial charge in [0.2, 0.25) is 5.78 Å². The van der Waals surface area contributed by atoms with Crippen LogP contribution in [-0.2, 0) is 5.60 Å². The van der Waals surface area contributed by atoms with Gasteiger partial charge in [-0.3, -0.25) is 4.79 Å². The van der Waals surface area contributed by atoms with Crippen LogP contribution in [0.15, 0.2) is 41.0 Å². The van der Waals surface area contributed by atoms with Crippen molar-refractivity contribution in [2.45, 2.75) is 11.7 Å². The zero-order chi connectivity index (χ0) is 18.8. The van der Waals surface area contributed by atoms with Crippen LogP contribution in [-0.4, -0.2) is 37.8 Å². The lowest BCUT2D eigenvalue weighted by atomic mass is 9.77. The third kappa shape index (κ3) is 1.97. The Bertz CT molecular complexity index is 1080. The second-order valence-corrected chi connectivity index (χ2v) is 6.49. The molecular formula is C20H16O7. The van der Waals surface area contributed by atoms with E-state index in [-0.39, 0.29) is 6.61 Å². The van der Waals surface area contributed by atoms with E-state index in [0.29, 0.717) is 45.1 Å². The van der Waals surface area contributed by atoms with Crippen molar-refractivity contribution < 1.29 is 33.3 Å². The van der Waals surface area contributed by atoms with Crippen molar-refractivity contribution in [2.75, 3.05) is 20.8 Å². The highest BCUT2D eigenvalue weighted by molar-refractivity contribution is 6.10. The summed E-state index contributed by atoms with van der Waals surface area (Å²) in [7, 11) is 2.99. The van der Waals surface area contributed by atoms with E-state index in [1.165, 1.54) is 20.5 Å². The van der Waals surface area contributed by atoms with Gasteiger partial charge in [-0.25, -0.2) is 0 Å². The number of rotatable bonds is 2. The molecule has 0 saturated heterocycles. The lowest BCUT2D eigenvalue weighted by Gasteiger charge is -2.43. The molecule has 1 aromatic heterocycles. The summed E-state index contributed by atoms with van der Waals surface area (Å²) >= 11 is 0. The minimum absolute atomic E-state index is 0.0123. The van der Waals surface area contributed by atoms with Gasteiger partial charge in [-0.1, -0.05) is 0 Å². The number of furan rings is 1. The van der Waals surface area contributed by atoms with E-state index >= 15 is 0 Å². The molecule has 0 radical (unpaired) electrons. The Hall–Kier alpha value is -3.19. The van der Waals surface area contributed by atoms with Gasteiger partial charge in [-0.15, -0.1) is 0 Å².